The first-order chi connectivity index (χ1) is 4.46. The zero-order chi connectivity index (χ0) is 8.31. The number of aliphatic hydroxyl groups is 2. The van der Waals surface area contributed by atoms with Crippen LogP contribution in [0.1, 0.15) is 0 Å². The van der Waals surface area contributed by atoms with E-state index >= 15 is 0 Å². The summed E-state index contributed by atoms with van der Waals surface area (Å²) < 4.78 is 0. The van der Waals surface area contributed by atoms with Crippen molar-refractivity contribution in [3.63, 3.8) is 0 Å². The number of carboxylic acids is 2. The molecule has 0 fully saturated rings. The molecule has 2 radical (unpaired) electrons. The van der Waals surface area contributed by atoms with Gasteiger partial charge in [0.2, 0.25) is 0 Å². The Balaban J connectivity index is -0.000000405. The topological polar surface area (TPSA) is 115 Å². The van der Waals surface area contributed by atoms with Crippen molar-refractivity contribution in [2.75, 3.05) is 0 Å². The summed E-state index contributed by atoms with van der Waals surface area (Å²) >= 11 is 0. The summed E-state index contributed by atoms with van der Waals surface area (Å²) in [4.78, 5) is 19.5. The molecule has 66 valence electrons. The van der Waals surface area contributed by atoms with Crippen molar-refractivity contribution in [2.45, 2.75) is 12.2 Å². The Bertz CT molecular complexity index is 144. The van der Waals surface area contributed by atoms with Crippen LogP contribution in [0.15, 0.2) is 0 Å². The van der Waals surface area contributed by atoms with Crippen molar-refractivity contribution in [3.8, 4) is 0 Å². The van der Waals surface area contributed by atoms with E-state index in [9.17, 15) is 9.59 Å². The van der Waals surface area contributed by atoms with Gasteiger partial charge in [-0.15, -0.1) is 0 Å². The fraction of sp³-hybridized carbons (Fsp3) is 0.500. The van der Waals surface area contributed by atoms with Crippen molar-refractivity contribution < 1.29 is 30.0 Å². The molecular formula is C4H9KO6Pb. The molecule has 0 spiro atoms. The van der Waals surface area contributed by atoms with E-state index in [0.29, 0.717) is 0 Å². The predicted molar refractivity (Wildman–Crippen MR) is 43.0 cm³/mol. The molecule has 0 aliphatic heterocycles. The fourth-order valence-electron chi connectivity index (χ4n) is 0.270. The van der Waals surface area contributed by atoms with Crippen LogP contribution in [-0.2, 0) is 9.59 Å². The van der Waals surface area contributed by atoms with Crippen LogP contribution in [0.4, 0.5) is 0 Å². The number of aliphatic carboxylic acids is 2. The third-order valence-electron chi connectivity index (χ3n) is 0.805. The standard InChI is InChI=1S/C4H6O6.K.Pb.3H/c5-1(3(7)8)2(6)4(9)10;;;;;/h1-2,5-6H,(H,7,8)(H,9,10);;;;;/t1-,2-;;;;;/m1...../s1. The van der Waals surface area contributed by atoms with E-state index in [1.54, 1.807) is 0 Å². The summed E-state index contributed by atoms with van der Waals surface area (Å²) in [5.41, 5.74) is 0. The average Bonchev–Trinajstić information content (AvgIpc) is 1.84. The average molecular weight is 399 g/mol. The summed E-state index contributed by atoms with van der Waals surface area (Å²) in [5, 5.41) is 32.5. The molecule has 0 aromatic carbocycles. The summed E-state index contributed by atoms with van der Waals surface area (Å²) in [5.74, 6) is -3.54. The maximum absolute atomic E-state index is 9.77. The van der Waals surface area contributed by atoms with Gasteiger partial charge in [-0.3, -0.25) is 0 Å². The van der Waals surface area contributed by atoms with Crippen molar-refractivity contribution in [2.24, 2.45) is 0 Å². The molecule has 0 aliphatic rings. The first-order valence-corrected chi connectivity index (χ1v) is 2.28. The summed E-state index contributed by atoms with van der Waals surface area (Å²) in [6.45, 7) is 0. The number of carbonyl (C=O) groups is 2. The number of rotatable bonds is 3. The first kappa shape index (κ1) is 19.1. The van der Waals surface area contributed by atoms with Crippen molar-refractivity contribution in [1.82, 2.24) is 0 Å². The molecule has 8 heteroatoms. The Morgan fingerprint density at radius 2 is 1.08 bits per heavy atom. The monoisotopic (exact) mass is 400 g/mol. The van der Waals surface area contributed by atoms with Gasteiger partial charge in [0.05, 0.1) is 0 Å². The van der Waals surface area contributed by atoms with Crippen LogP contribution < -0.4 is 0 Å². The van der Waals surface area contributed by atoms with Gasteiger partial charge in [0.25, 0.3) is 0 Å². The Morgan fingerprint density at radius 1 is 0.917 bits per heavy atom. The minimum absolute atomic E-state index is 0. The molecule has 0 saturated carbocycles. The molecule has 0 aromatic heterocycles. The van der Waals surface area contributed by atoms with Crippen molar-refractivity contribution in [3.05, 3.63) is 0 Å². The number of aliphatic hydroxyl groups excluding tert-OH is 2. The van der Waals surface area contributed by atoms with Crippen LogP contribution in [0.2, 0.25) is 0 Å². The molecule has 0 aromatic rings. The quantitative estimate of drug-likeness (QED) is 0.364. The second kappa shape index (κ2) is 8.99. The van der Waals surface area contributed by atoms with Crippen LogP contribution in [0.3, 0.4) is 0 Å². The van der Waals surface area contributed by atoms with Gasteiger partial charge in [0.15, 0.2) is 12.2 Å². The Kier molecular flexibility index (Phi) is 14.3. The molecule has 12 heavy (non-hydrogen) atoms. The Morgan fingerprint density at radius 3 is 1.17 bits per heavy atom. The van der Waals surface area contributed by atoms with Crippen molar-refractivity contribution in [1.29, 1.82) is 0 Å². The fourth-order valence-corrected chi connectivity index (χ4v) is 0.270. The summed E-state index contributed by atoms with van der Waals surface area (Å²) in [7, 11) is 0. The van der Waals surface area contributed by atoms with E-state index in [2.05, 4.69) is 0 Å². The summed E-state index contributed by atoms with van der Waals surface area (Å²) in [6, 6.07) is 0. The normalized spacial score (nSPS) is 13.2. The van der Waals surface area contributed by atoms with Crippen LogP contribution in [0.25, 0.3) is 0 Å². The number of hydrogen-bond acceptors (Lipinski definition) is 4. The van der Waals surface area contributed by atoms with Crippen LogP contribution in [-0.4, -0.2) is 123 Å². The molecular weight excluding hydrogens is 390 g/mol. The van der Waals surface area contributed by atoms with Gasteiger partial charge in [0.1, 0.15) is 0 Å². The molecule has 0 unspecified atom stereocenters. The molecule has 0 amide bonds. The second-order valence-corrected chi connectivity index (χ2v) is 1.57. The van der Waals surface area contributed by atoms with Gasteiger partial charge in [-0.25, -0.2) is 9.59 Å². The van der Waals surface area contributed by atoms with Crippen LogP contribution in [0, 0.1) is 0 Å². The molecule has 0 aliphatic carbocycles. The van der Waals surface area contributed by atoms with E-state index < -0.39 is 24.1 Å². The van der Waals surface area contributed by atoms with E-state index in [1.165, 1.54) is 0 Å². The second-order valence-electron chi connectivity index (χ2n) is 1.57. The van der Waals surface area contributed by atoms with Gasteiger partial charge < -0.3 is 20.4 Å². The third kappa shape index (κ3) is 6.88. The zero-order valence-corrected chi connectivity index (χ0v) is 11.0. The number of hydrogen-bond donors (Lipinski definition) is 4. The maximum atomic E-state index is 9.77. The van der Waals surface area contributed by atoms with Gasteiger partial charge in [-0.05, 0) is 0 Å². The molecule has 4 N–H and O–H groups in total. The SMILES string of the molecule is O=C(O)[C@H](O)[C@@H](O)C(=O)O.[KH].[PbH2]. The van der Waals surface area contributed by atoms with Crippen LogP contribution in [0.5, 0.6) is 0 Å². The number of carboxylic acid groups (broad SMARTS) is 2. The van der Waals surface area contributed by atoms with E-state index in [0.717, 1.165) is 0 Å². The first-order valence-electron chi connectivity index (χ1n) is 2.28. The van der Waals surface area contributed by atoms with E-state index in [1.807, 2.05) is 0 Å². The molecule has 0 rings (SSSR count). The van der Waals surface area contributed by atoms with E-state index in [4.69, 9.17) is 20.4 Å². The predicted octanol–water partition coefficient (Wildman–Crippen LogP) is -3.69. The molecule has 0 heterocycles. The molecule has 0 bridgehead atoms. The van der Waals surface area contributed by atoms with Gasteiger partial charge in [-0.2, -0.15) is 0 Å². The third-order valence-corrected chi connectivity index (χ3v) is 0.805. The van der Waals surface area contributed by atoms with Gasteiger partial charge >= 0.3 is 90.6 Å². The van der Waals surface area contributed by atoms with Crippen LogP contribution >= 0.6 is 0 Å². The molecule has 6 nitrogen and oxygen atoms in total. The Hall–Kier alpha value is 1.42. The van der Waals surface area contributed by atoms with E-state index in [-0.39, 0.29) is 78.7 Å². The molecule has 0 saturated heterocycles. The van der Waals surface area contributed by atoms with Crippen molar-refractivity contribution >= 4 is 90.6 Å². The molecule has 2 atom stereocenters. The summed E-state index contributed by atoms with van der Waals surface area (Å²) in [6.07, 6.45) is -4.53. The van der Waals surface area contributed by atoms with Gasteiger partial charge in [-0.1, -0.05) is 0 Å². The van der Waals surface area contributed by atoms with Gasteiger partial charge in [0, 0.05) is 0 Å². The minimum atomic E-state index is -2.27. The zero-order valence-electron chi connectivity index (χ0n) is 5.47. The Labute approximate surface area is 131 Å².